The van der Waals surface area contributed by atoms with Gasteiger partial charge in [0.2, 0.25) is 0 Å². The molecule has 0 N–H and O–H groups in total. The van der Waals surface area contributed by atoms with E-state index in [9.17, 15) is 0 Å². The van der Waals surface area contributed by atoms with Gasteiger partial charge in [-0.2, -0.15) is 4.58 Å². The lowest BCUT2D eigenvalue weighted by Crippen LogP contribution is -2.03. The van der Waals surface area contributed by atoms with Gasteiger partial charge in [-0.3, -0.25) is 0 Å². The van der Waals surface area contributed by atoms with E-state index in [1.54, 1.807) is 0 Å². The quantitative estimate of drug-likeness (QED) is 0.410. The molecule has 0 aliphatic carbocycles. The summed E-state index contributed by atoms with van der Waals surface area (Å²) in [5.74, 6) is 0. The van der Waals surface area contributed by atoms with Crippen molar-refractivity contribution >= 4 is 5.71 Å². The molecule has 1 aliphatic rings. The van der Waals surface area contributed by atoms with Crippen LogP contribution in [0.25, 0.3) is 0 Å². The van der Waals surface area contributed by atoms with Gasteiger partial charge in [-0.1, -0.05) is 0 Å². The molecule has 8 heavy (non-hydrogen) atoms. The summed E-state index contributed by atoms with van der Waals surface area (Å²) < 4.78 is 2.06. The molecule has 42 valence electrons. The molecular weight excluding hydrogens is 98.1 g/mol. The molecule has 1 nitrogen and oxygen atoms in total. The van der Waals surface area contributed by atoms with Crippen LogP contribution in [-0.4, -0.2) is 17.3 Å². The minimum absolute atomic E-state index is 1.07. The van der Waals surface area contributed by atoms with Crippen LogP contribution in [0.1, 0.15) is 6.92 Å². The standard InChI is InChI=1S/C7H10N/c1-6-4-5-7(2)8(6)3/h4-5H,1H2,2-3H3/q+1. The molecule has 0 atom stereocenters. The minimum atomic E-state index is 1.07. The Hall–Kier alpha value is -0.850. The first-order valence-corrected chi connectivity index (χ1v) is 2.66. The van der Waals surface area contributed by atoms with Crippen LogP contribution in [0.15, 0.2) is 24.4 Å². The first-order chi connectivity index (χ1) is 3.72. The largest absolute Gasteiger partial charge is 0.200 e. The van der Waals surface area contributed by atoms with Gasteiger partial charge in [-0.25, -0.2) is 0 Å². The summed E-state index contributed by atoms with van der Waals surface area (Å²) in [4.78, 5) is 0. The highest BCUT2D eigenvalue weighted by Crippen LogP contribution is 2.02. The average Bonchev–Trinajstić information content (AvgIpc) is 1.98. The average molecular weight is 108 g/mol. The fraction of sp³-hybridized carbons (Fsp3) is 0.286. The van der Waals surface area contributed by atoms with Gasteiger partial charge < -0.3 is 0 Å². The Morgan fingerprint density at radius 2 is 2.12 bits per heavy atom. The second-order valence-corrected chi connectivity index (χ2v) is 2.03. The number of nitrogens with zero attached hydrogens (tertiary/aromatic N) is 1. The fourth-order valence-corrected chi connectivity index (χ4v) is 0.667. The summed E-state index contributed by atoms with van der Waals surface area (Å²) in [5.41, 5.74) is 2.33. The smallest absolute Gasteiger partial charge is 0.198 e. The maximum Gasteiger partial charge on any atom is 0.198 e. The zero-order valence-electron chi connectivity index (χ0n) is 5.31. The Kier molecular flexibility index (Phi) is 1.05. The number of hydrogen-bond donors (Lipinski definition) is 0. The van der Waals surface area contributed by atoms with E-state index in [0.29, 0.717) is 0 Å². The highest BCUT2D eigenvalue weighted by molar-refractivity contribution is 5.90. The molecule has 0 saturated heterocycles. The molecule has 1 heterocycles. The predicted octanol–water partition coefficient (Wildman–Crippen LogP) is 1.17. The number of allylic oxidation sites excluding steroid dienone is 2. The van der Waals surface area contributed by atoms with E-state index in [4.69, 9.17) is 0 Å². The van der Waals surface area contributed by atoms with E-state index in [1.165, 1.54) is 5.71 Å². The summed E-state index contributed by atoms with van der Waals surface area (Å²) >= 11 is 0. The van der Waals surface area contributed by atoms with Gasteiger partial charge >= 0.3 is 0 Å². The van der Waals surface area contributed by atoms with Crippen LogP contribution in [0.5, 0.6) is 0 Å². The second-order valence-electron chi connectivity index (χ2n) is 2.03. The van der Waals surface area contributed by atoms with Gasteiger partial charge in [-0.15, -0.1) is 0 Å². The van der Waals surface area contributed by atoms with Crippen molar-refractivity contribution in [1.29, 1.82) is 0 Å². The monoisotopic (exact) mass is 108 g/mol. The molecule has 1 aliphatic heterocycles. The first kappa shape index (κ1) is 5.29. The third-order valence-electron chi connectivity index (χ3n) is 1.48. The lowest BCUT2D eigenvalue weighted by Gasteiger charge is -1.86. The normalized spacial score (nSPS) is 18.5. The molecule has 1 heteroatoms. The lowest BCUT2D eigenvalue weighted by atomic mass is 10.4. The van der Waals surface area contributed by atoms with E-state index < -0.39 is 0 Å². The Morgan fingerprint density at radius 1 is 1.50 bits per heavy atom. The highest BCUT2D eigenvalue weighted by atomic mass is 15.0. The van der Waals surface area contributed by atoms with E-state index in [1.807, 2.05) is 13.1 Å². The molecule has 0 amide bonds. The van der Waals surface area contributed by atoms with Crippen molar-refractivity contribution in [3.05, 3.63) is 24.4 Å². The lowest BCUT2D eigenvalue weighted by molar-refractivity contribution is -0.433. The Balaban J connectivity index is 3.02. The van der Waals surface area contributed by atoms with Crippen molar-refractivity contribution < 1.29 is 4.58 Å². The number of hydrogen-bond acceptors (Lipinski definition) is 0. The van der Waals surface area contributed by atoms with Crippen LogP contribution >= 0.6 is 0 Å². The van der Waals surface area contributed by atoms with Gasteiger partial charge in [0.25, 0.3) is 0 Å². The van der Waals surface area contributed by atoms with Crippen LogP contribution in [0.3, 0.4) is 0 Å². The van der Waals surface area contributed by atoms with Gasteiger partial charge in [0.1, 0.15) is 7.05 Å². The predicted molar refractivity (Wildman–Crippen MR) is 35.1 cm³/mol. The molecule has 0 bridgehead atoms. The van der Waals surface area contributed by atoms with Crippen LogP contribution in [-0.2, 0) is 0 Å². The molecule has 0 fully saturated rings. The Morgan fingerprint density at radius 3 is 2.25 bits per heavy atom. The van der Waals surface area contributed by atoms with Gasteiger partial charge in [-0.05, 0) is 6.58 Å². The molecule has 1 rings (SSSR count). The van der Waals surface area contributed by atoms with Crippen LogP contribution in [0, 0.1) is 0 Å². The second kappa shape index (κ2) is 1.58. The zero-order chi connectivity index (χ0) is 6.15. The number of rotatable bonds is 0. The highest BCUT2D eigenvalue weighted by Gasteiger charge is 2.10. The summed E-state index contributed by atoms with van der Waals surface area (Å²) in [5, 5.41) is 0. The van der Waals surface area contributed by atoms with Crippen molar-refractivity contribution in [3.8, 4) is 0 Å². The molecule has 0 unspecified atom stereocenters. The van der Waals surface area contributed by atoms with Crippen LogP contribution in [0.4, 0.5) is 0 Å². The van der Waals surface area contributed by atoms with Crippen LogP contribution in [0.2, 0.25) is 0 Å². The number of likely N-dealkylation sites (N-methyl/N-ethyl adjacent to an activating group) is 1. The van der Waals surface area contributed by atoms with E-state index in [-0.39, 0.29) is 0 Å². The van der Waals surface area contributed by atoms with Crippen molar-refractivity contribution in [2.45, 2.75) is 6.92 Å². The SMILES string of the molecule is C=C1C=CC(C)=[N+]1C. The first-order valence-electron chi connectivity index (χ1n) is 2.66. The van der Waals surface area contributed by atoms with Crippen molar-refractivity contribution in [3.63, 3.8) is 0 Å². The van der Waals surface area contributed by atoms with Crippen molar-refractivity contribution in [2.75, 3.05) is 7.05 Å². The molecule has 0 radical (unpaired) electrons. The molecule has 0 aromatic carbocycles. The molecule has 0 saturated carbocycles. The molecule has 0 spiro atoms. The summed E-state index contributed by atoms with van der Waals surface area (Å²) in [6, 6.07) is 0. The Labute approximate surface area is 49.6 Å². The van der Waals surface area contributed by atoms with Gasteiger partial charge in [0.05, 0.1) is 0 Å². The molecule has 0 aromatic rings. The minimum Gasteiger partial charge on any atom is -0.200 e. The van der Waals surface area contributed by atoms with Crippen molar-refractivity contribution in [2.24, 2.45) is 0 Å². The fourth-order valence-electron chi connectivity index (χ4n) is 0.667. The zero-order valence-corrected chi connectivity index (χ0v) is 5.31. The Bertz CT molecular complexity index is 181. The van der Waals surface area contributed by atoms with E-state index >= 15 is 0 Å². The van der Waals surface area contributed by atoms with Crippen molar-refractivity contribution in [1.82, 2.24) is 0 Å². The van der Waals surface area contributed by atoms with Gasteiger partial charge in [0, 0.05) is 19.1 Å². The third kappa shape index (κ3) is 0.601. The molecular formula is C7H10N+. The summed E-state index contributed by atoms with van der Waals surface area (Å²) in [6.07, 6.45) is 4.07. The topological polar surface area (TPSA) is 3.01 Å². The summed E-state index contributed by atoms with van der Waals surface area (Å²) in [7, 11) is 2.01. The van der Waals surface area contributed by atoms with Gasteiger partial charge in [0.15, 0.2) is 11.4 Å². The maximum absolute atomic E-state index is 3.80. The molecule has 0 aromatic heterocycles. The van der Waals surface area contributed by atoms with E-state index in [0.717, 1.165) is 5.70 Å². The maximum atomic E-state index is 3.80. The summed E-state index contributed by atoms with van der Waals surface area (Å²) in [6.45, 7) is 5.87. The third-order valence-corrected chi connectivity index (χ3v) is 1.48. The van der Waals surface area contributed by atoms with E-state index in [2.05, 4.69) is 24.2 Å². The van der Waals surface area contributed by atoms with Crippen LogP contribution < -0.4 is 0 Å².